The van der Waals surface area contributed by atoms with Crippen molar-refractivity contribution in [3.8, 4) is 0 Å². The molecule has 0 aromatic carbocycles. The van der Waals surface area contributed by atoms with Crippen LogP contribution in [-0.4, -0.2) is 24.9 Å². The van der Waals surface area contributed by atoms with E-state index in [9.17, 15) is 0 Å². The molecule has 2 heterocycles. The van der Waals surface area contributed by atoms with Gasteiger partial charge in [-0.3, -0.25) is 0 Å². The van der Waals surface area contributed by atoms with Gasteiger partial charge < -0.3 is 9.47 Å². The Morgan fingerprint density at radius 3 is 2.17 bits per heavy atom. The van der Waals surface area contributed by atoms with Crippen LogP contribution in [0.1, 0.15) is 57.8 Å². The van der Waals surface area contributed by atoms with Crippen molar-refractivity contribution >= 4 is 0 Å². The molecular weight excluding hydrogens is 224 g/mol. The standard InChI is InChI=1S/C16H26O2/c1-2-4-6-11(5-3-1)13-9-15-14(18-15)8-7-12(13)16-10-17-16/h11-16H,1-10H2. The highest BCUT2D eigenvalue weighted by Crippen LogP contribution is 2.49. The minimum Gasteiger partial charge on any atom is -0.373 e. The lowest BCUT2D eigenvalue weighted by Gasteiger charge is -2.31. The largest absolute Gasteiger partial charge is 0.373 e. The third kappa shape index (κ3) is 2.34. The van der Waals surface area contributed by atoms with E-state index in [-0.39, 0.29) is 0 Å². The quantitative estimate of drug-likeness (QED) is 0.553. The zero-order chi connectivity index (χ0) is 11.9. The maximum atomic E-state index is 5.82. The van der Waals surface area contributed by atoms with Gasteiger partial charge in [-0.1, -0.05) is 38.5 Å². The summed E-state index contributed by atoms with van der Waals surface area (Å²) >= 11 is 0. The number of epoxide rings is 2. The van der Waals surface area contributed by atoms with Crippen LogP contribution in [0, 0.1) is 17.8 Å². The molecule has 2 heteroatoms. The molecule has 5 atom stereocenters. The van der Waals surface area contributed by atoms with Crippen LogP contribution in [0.5, 0.6) is 0 Å². The molecule has 0 amide bonds. The molecule has 0 spiro atoms. The third-order valence-corrected chi connectivity index (χ3v) is 5.87. The summed E-state index contributed by atoms with van der Waals surface area (Å²) in [5.74, 6) is 2.75. The minimum atomic E-state index is 0.621. The Kier molecular flexibility index (Phi) is 3.12. The van der Waals surface area contributed by atoms with E-state index >= 15 is 0 Å². The number of ether oxygens (including phenoxy) is 2. The molecule has 2 aliphatic heterocycles. The molecule has 2 saturated carbocycles. The Bertz CT molecular complexity index is 291. The van der Waals surface area contributed by atoms with Crippen LogP contribution in [0.3, 0.4) is 0 Å². The van der Waals surface area contributed by atoms with Gasteiger partial charge in [-0.05, 0) is 37.0 Å². The van der Waals surface area contributed by atoms with Crippen molar-refractivity contribution < 1.29 is 9.47 Å². The first-order valence-electron chi connectivity index (χ1n) is 8.19. The summed E-state index contributed by atoms with van der Waals surface area (Å²) < 4.78 is 11.5. The van der Waals surface area contributed by atoms with Crippen molar-refractivity contribution in [2.24, 2.45) is 17.8 Å². The maximum Gasteiger partial charge on any atom is 0.0844 e. The molecule has 0 N–H and O–H groups in total. The van der Waals surface area contributed by atoms with Gasteiger partial charge in [0.05, 0.1) is 24.9 Å². The van der Waals surface area contributed by atoms with Crippen molar-refractivity contribution in [3.05, 3.63) is 0 Å². The van der Waals surface area contributed by atoms with Crippen LogP contribution in [0.2, 0.25) is 0 Å². The molecule has 4 aliphatic rings. The molecule has 2 nitrogen and oxygen atoms in total. The van der Waals surface area contributed by atoms with Gasteiger partial charge in [0.1, 0.15) is 0 Å². The Morgan fingerprint density at radius 1 is 0.667 bits per heavy atom. The van der Waals surface area contributed by atoms with Crippen LogP contribution in [0.4, 0.5) is 0 Å². The van der Waals surface area contributed by atoms with Gasteiger partial charge in [-0.15, -0.1) is 0 Å². The molecule has 0 aromatic rings. The second-order valence-electron chi connectivity index (χ2n) is 6.98. The highest BCUT2D eigenvalue weighted by molar-refractivity contribution is 4.98. The third-order valence-electron chi connectivity index (χ3n) is 5.87. The molecule has 0 radical (unpaired) electrons. The summed E-state index contributed by atoms with van der Waals surface area (Å²) in [5, 5.41) is 0. The smallest absolute Gasteiger partial charge is 0.0844 e. The van der Waals surface area contributed by atoms with Crippen molar-refractivity contribution in [2.75, 3.05) is 6.61 Å². The summed E-state index contributed by atoms with van der Waals surface area (Å²) in [6.45, 7) is 1.05. The zero-order valence-corrected chi connectivity index (χ0v) is 11.4. The van der Waals surface area contributed by atoms with Crippen molar-refractivity contribution in [1.29, 1.82) is 0 Å². The van der Waals surface area contributed by atoms with E-state index in [1.807, 2.05) is 0 Å². The fraction of sp³-hybridized carbons (Fsp3) is 1.00. The molecular formula is C16H26O2. The summed E-state index contributed by atoms with van der Waals surface area (Å²) in [5.41, 5.74) is 0. The van der Waals surface area contributed by atoms with E-state index in [0.29, 0.717) is 18.3 Å². The highest BCUT2D eigenvalue weighted by Gasteiger charge is 2.50. The van der Waals surface area contributed by atoms with Crippen LogP contribution < -0.4 is 0 Å². The first kappa shape index (κ1) is 11.7. The van der Waals surface area contributed by atoms with E-state index in [0.717, 1.165) is 24.4 Å². The van der Waals surface area contributed by atoms with Crippen LogP contribution in [-0.2, 0) is 9.47 Å². The number of rotatable bonds is 2. The zero-order valence-electron chi connectivity index (χ0n) is 11.4. The molecule has 4 fully saturated rings. The first-order valence-corrected chi connectivity index (χ1v) is 8.19. The van der Waals surface area contributed by atoms with Crippen LogP contribution >= 0.6 is 0 Å². The monoisotopic (exact) mass is 250 g/mol. The van der Waals surface area contributed by atoms with Crippen LogP contribution in [0.25, 0.3) is 0 Å². The topological polar surface area (TPSA) is 25.1 Å². The summed E-state index contributed by atoms with van der Waals surface area (Å²) in [6.07, 6.45) is 14.7. The maximum absolute atomic E-state index is 5.82. The van der Waals surface area contributed by atoms with Gasteiger partial charge in [0.2, 0.25) is 0 Å². The van der Waals surface area contributed by atoms with Gasteiger partial charge in [0, 0.05) is 0 Å². The predicted octanol–water partition coefficient (Wildman–Crippen LogP) is 3.54. The predicted molar refractivity (Wildman–Crippen MR) is 70.4 cm³/mol. The average Bonchev–Trinajstić information content (AvgIpc) is 3.21. The number of hydrogen-bond donors (Lipinski definition) is 0. The fourth-order valence-corrected chi connectivity index (χ4v) is 4.70. The lowest BCUT2D eigenvalue weighted by molar-refractivity contribution is 0.133. The van der Waals surface area contributed by atoms with Crippen molar-refractivity contribution in [1.82, 2.24) is 0 Å². The minimum absolute atomic E-state index is 0.621. The van der Waals surface area contributed by atoms with Gasteiger partial charge in [-0.25, -0.2) is 0 Å². The average molecular weight is 250 g/mol. The second-order valence-corrected chi connectivity index (χ2v) is 6.98. The molecule has 0 bridgehead atoms. The van der Waals surface area contributed by atoms with Gasteiger partial charge in [0.15, 0.2) is 0 Å². The van der Waals surface area contributed by atoms with Gasteiger partial charge >= 0.3 is 0 Å². The van der Waals surface area contributed by atoms with E-state index < -0.39 is 0 Å². The lowest BCUT2D eigenvalue weighted by Crippen LogP contribution is -2.28. The number of hydrogen-bond acceptors (Lipinski definition) is 2. The molecule has 102 valence electrons. The Morgan fingerprint density at radius 2 is 1.44 bits per heavy atom. The van der Waals surface area contributed by atoms with Gasteiger partial charge in [0.25, 0.3) is 0 Å². The fourth-order valence-electron chi connectivity index (χ4n) is 4.70. The van der Waals surface area contributed by atoms with E-state index in [2.05, 4.69) is 0 Å². The Hall–Kier alpha value is -0.0800. The second kappa shape index (κ2) is 4.79. The Labute approximate surface area is 110 Å². The first-order chi connectivity index (χ1) is 8.92. The molecule has 0 aromatic heterocycles. The summed E-state index contributed by atoms with van der Waals surface area (Å²) in [4.78, 5) is 0. The van der Waals surface area contributed by atoms with E-state index in [4.69, 9.17) is 9.47 Å². The summed E-state index contributed by atoms with van der Waals surface area (Å²) in [6, 6.07) is 0. The lowest BCUT2D eigenvalue weighted by atomic mass is 9.73. The van der Waals surface area contributed by atoms with E-state index in [1.165, 1.54) is 57.8 Å². The van der Waals surface area contributed by atoms with Gasteiger partial charge in [-0.2, -0.15) is 0 Å². The van der Waals surface area contributed by atoms with Crippen LogP contribution in [0.15, 0.2) is 0 Å². The molecule has 2 aliphatic carbocycles. The van der Waals surface area contributed by atoms with Crippen molar-refractivity contribution in [3.63, 3.8) is 0 Å². The van der Waals surface area contributed by atoms with Crippen molar-refractivity contribution in [2.45, 2.75) is 76.1 Å². The molecule has 18 heavy (non-hydrogen) atoms. The van der Waals surface area contributed by atoms with E-state index in [1.54, 1.807) is 0 Å². The molecule has 5 unspecified atom stereocenters. The Balaban J connectivity index is 1.49. The number of fused-ring (bicyclic) bond motifs is 1. The SMILES string of the molecule is C1CCCC(C2CC3OC3CCC2C2CO2)CC1. The molecule has 2 saturated heterocycles. The highest BCUT2D eigenvalue weighted by atomic mass is 16.6. The normalized spacial score (nSPS) is 49.0. The summed E-state index contributed by atoms with van der Waals surface area (Å²) in [7, 11) is 0. The molecule has 4 rings (SSSR count).